The Balaban J connectivity index is 0.946. The van der Waals surface area contributed by atoms with E-state index in [0.29, 0.717) is 0 Å². The Morgan fingerprint density at radius 2 is 0.986 bits per heavy atom. The Labute approximate surface area is 414 Å². The molecule has 2 atom stereocenters. The molecule has 0 radical (unpaired) electrons. The zero-order valence-electron chi connectivity index (χ0n) is 39.7. The minimum atomic E-state index is 0.190. The van der Waals surface area contributed by atoms with Crippen LogP contribution >= 0.6 is 0 Å². The van der Waals surface area contributed by atoms with E-state index in [4.69, 9.17) is 0 Å². The van der Waals surface area contributed by atoms with E-state index in [2.05, 4.69) is 229 Å². The summed E-state index contributed by atoms with van der Waals surface area (Å²) < 4.78 is 0. The van der Waals surface area contributed by atoms with Gasteiger partial charge in [-0.1, -0.05) is 200 Å². The van der Waals surface area contributed by atoms with E-state index in [1.165, 1.54) is 136 Å². The Hall–Kier alpha value is -8.26. The molecule has 1 heteroatoms. The van der Waals surface area contributed by atoms with Crippen LogP contribution in [0.2, 0.25) is 0 Å². The van der Waals surface area contributed by atoms with Crippen LogP contribution in [0, 0.1) is 5.92 Å². The first-order chi connectivity index (χ1) is 35.2. The highest BCUT2D eigenvalue weighted by Gasteiger charge is 2.40. The molecule has 4 aliphatic carbocycles. The van der Waals surface area contributed by atoms with E-state index in [0.717, 1.165) is 38.5 Å². The summed E-state index contributed by atoms with van der Waals surface area (Å²) in [6.45, 7) is 0. The molecular formula is C70H51N. The topological polar surface area (TPSA) is 3.24 Å². The Morgan fingerprint density at radius 3 is 1.70 bits per heavy atom. The lowest BCUT2D eigenvalue weighted by Gasteiger charge is -2.32. The summed E-state index contributed by atoms with van der Waals surface area (Å²) in [5.74, 6) is 0.258. The highest BCUT2D eigenvalue weighted by molar-refractivity contribution is 6.22. The lowest BCUT2D eigenvalue weighted by molar-refractivity contribution is 0.681. The molecule has 1 nitrogen and oxygen atoms in total. The number of nitrogens with zero attached hydrogens (tertiary/aromatic N) is 1. The number of benzene rings is 10. The number of hydrogen-bond acceptors (Lipinski definition) is 1. The number of rotatable bonds is 5. The molecule has 15 rings (SSSR count). The van der Waals surface area contributed by atoms with Crippen LogP contribution in [0.5, 0.6) is 0 Å². The summed E-state index contributed by atoms with van der Waals surface area (Å²) in [5, 5.41) is 18.6. The molecule has 1 heterocycles. The Bertz CT molecular complexity index is 4360. The minimum Gasteiger partial charge on any atom is -0.337 e. The Kier molecular flexibility index (Phi) is 9.24. The quantitative estimate of drug-likeness (QED) is 0.156. The van der Waals surface area contributed by atoms with Crippen LogP contribution in [-0.4, -0.2) is 6.04 Å². The van der Waals surface area contributed by atoms with Crippen LogP contribution in [0.4, 0.5) is 5.69 Å². The molecule has 0 spiro atoms. The van der Waals surface area contributed by atoms with Gasteiger partial charge in [-0.25, -0.2) is 0 Å². The first-order valence-electron chi connectivity index (χ1n) is 25.8. The van der Waals surface area contributed by atoms with Gasteiger partial charge < -0.3 is 4.90 Å². The second kappa shape index (κ2) is 16.2. The van der Waals surface area contributed by atoms with Crippen LogP contribution in [0.25, 0.3) is 105 Å². The third-order valence-electron chi connectivity index (χ3n) is 16.5. The van der Waals surface area contributed by atoms with E-state index in [1.807, 2.05) is 0 Å². The summed E-state index contributed by atoms with van der Waals surface area (Å²) in [7, 11) is 0. The summed E-state index contributed by atoms with van der Waals surface area (Å²) in [6.07, 6.45) is 25.9. The fourth-order valence-electron chi connectivity index (χ4n) is 13.5. The number of allylic oxidation sites excluding steroid dienone is 5. The van der Waals surface area contributed by atoms with Crippen molar-refractivity contribution in [3.8, 4) is 22.3 Å². The van der Waals surface area contributed by atoms with Gasteiger partial charge in [0.25, 0.3) is 0 Å². The number of fused-ring (bicyclic) bond motifs is 9. The lowest BCUT2D eigenvalue weighted by atomic mass is 9.80. The fraction of sp³-hybridized carbons (Fsp3) is 0.114. The van der Waals surface area contributed by atoms with Crippen LogP contribution in [0.15, 0.2) is 218 Å². The molecule has 2 unspecified atom stereocenters. The van der Waals surface area contributed by atoms with Gasteiger partial charge in [0, 0.05) is 17.3 Å². The molecule has 0 bridgehead atoms. The van der Waals surface area contributed by atoms with Gasteiger partial charge in [0.15, 0.2) is 0 Å². The van der Waals surface area contributed by atoms with Crippen molar-refractivity contribution in [1.29, 1.82) is 0 Å². The van der Waals surface area contributed by atoms with Crippen molar-refractivity contribution in [2.75, 3.05) is 4.90 Å². The molecule has 5 aliphatic rings. The summed E-state index contributed by atoms with van der Waals surface area (Å²) in [6, 6.07) is 66.7. The maximum atomic E-state index is 2.71. The smallest absolute Gasteiger partial charge is 0.0626 e. The lowest BCUT2D eigenvalue weighted by Crippen LogP contribution is -2.37. The molecule has 0 N–H and O–H groups in total. The molecule has 0 aromatic heterocycles. The second-order valence-corrected chi connectivity index (χ2v) is 20.3. The Morgan fingerprint density at radius 1 is 0.408 bits per heavy atom. The van der Waals surface area contributed by atoms with Gasteiger partial charge in [0.05, 0.1) is 6.04 Å². The van der Waals surface area contributed by atoms with Crippen molar-refractivity contribution in [1.82, 2.24) is 0 Å². The van der Waals surface area contributed by atoms with Gasteiger partial charge in [0.1, 0.15) is 0 Å². The van der Waals surface area contributed by atoms with Gasteiger partial charge in [-0.3, -0.25) is 0 Å². The molecule has 0 saturated carbocycles. The molecule has 1 aliphatic heterocycles. The first kappa shape index (κ1) is 40.6. The van der Waals surface area contributed by atoms with Crippen LogP contribution in [-0.2, 0) is 0 Å². The molecule has 0 fully saturated rings. The van der Waals surface area contributed by atoms with Crippen molar-refractivity contribution < 1.29 is 0 Å². The van der Waals surface area contributed by atoms with Crippen molar-refractivity contribution in [3.05, 3.63) is 250 Å². The molecule has 10 aromatic rings. The van der Waals surface area contributed by atoms with Crippen molar-refractivity contribution in [2.45, 2.75) is 44.6 Å². The fourth-order valence-corrected chi connectivity index (χ4v) is 13.5. The monoisotopic (exact) mass is 905 g/mol. The molecular weight excluding hydrogens is 855 g/mol. The average molecular weight is 906 g/mol. The number of hydrogen-bond donors (Lipinski definition) is 0. The zero-order chi connectivity index (χ0) is 46.6. The van der Waals surface area contributed by atoms with E-state index in [9.17, 15) is 0 Å². The molecule has 0 saturated heterocycles. The highest BCUT2D eigenvalue weighted by Crippen LogP contribution is 2.51. The van der Waals surface area contributed by atoms with Crippen LogP contribution < -0.4 is 25.8 Å². The number of anilines is 1. The predicted octanol–water partition coefficient (Wildman–Crippen LogP) is 15.0. The molecule has 10 aromatic carbocycles. The van der Waals surface area contributed by atoms with Gasteiger partial charge in [0.2, 0.25) is 0 Å². The van der Waals surface area contributed by atoms with E-state index in [-0.39, 0.29) is 12.0 Å². The van der Waals surface area contributed by atoms with Gasteiger partial charge in [-0.2, -0.15) is 0 Å². The highest BCUT2D eigenvalue weighted by atomic mass is 15.2. The van der Waals surface area contributed by atoms with E-state index < -0.39 is 0 Å². The zero-order valence-corrected chi connectivity index (χ0v) is 39.7. The van der Waals surface area contributed by atoms with Gasteiger partial charge in [-0.05, 0) is 188 Å². The van der Waals surface area contributed by atoms with Crippen molar-refractivity contribution >= 4 is 88.9 Å². The first-order valence-corrected chi connectivity index (χ1v) is 25.8. The molecule has 71 heavy (non-hydrogen) atoms. The third-order valence-corrected chi connectivity index (χ3v) is 16.5. The third kappa shape index (κ3) is 6.32. The molecule has 0 amide bonds. The standard InChI is InChI=1S/C70H51N/c1-3-19-47-40-49(34-32-44(47)16-1)67-56-24-7-8-25-57(56)69(50-35-33-45-17-2-4-20-48(45)41-50)64-43-52(37-38-62(64)67)71-65-31-14-13-23-54(65)63-42-51(36-39-66(63)71)68-58-26-9-11-28-60(58)70(61-29-12-10-27-59(61)68)55-30-15-21-46-18-5-6-22-53(46)55/h1-9,11,13-14,16-29,31-35,37-38,40-43,54,65H,10,12,15,30,36,39H2. The van der Waals surface area contributed by atoms with Crippen molar-refractivity contribution in [2.24, 2.45) is 5.92 Å². The summed E-state index contributed by atoms with van der Waals surface area (Å²) in [4.78, 5) is 2.71. The van der Waals surface area contributed by atoms with E-state index in [1.54, 1.807) is 0 Å². The SMILES string of the molecule is C1=CC2C3=C(CCC(c4c5c(c(C6=c7ccccc7=CCC6)c6ccccc46)=CCCC=5)=C3)N(c3ccc4c(-c5ccc6ccccc6c5)c5ccccc5c(-c5ccc6ccccc6c5)c4c3)C2C=C1. The second-order valence-electron chi connectivity index (χ2n) is 20.3. The average Bonchev–Trinajstić information content (AvgIpc) is 3.77. The largest absolute Gasteiger partial charge is 0.337 e. The maximum absolute atomic E-state index is 2.71. The maximum Gasteiger partial charge on any atom is 0.0626 e. The molecule has 336 valence electrons. The van der Waals surface area contributed by atoms with Crippen LogP contribution in [0.1, 0.15) is 49.7 Å². The normalized spacial score (nSPS) is 18.0. The summed E-state index contributed by atoms with van der Waals surface area (Å²) in [5.41, 5.74) is 15.1. The van der Waals surface area contributed by atoms with E-state index >= 15 is 0 Å². The van der Waals surface area contributed by atoms with Gasteiger partial charge >= 0.3 is 0 Å². The van der Waals surface area contributed by atoms with Crippen molar-refractivity contribution in [3.63, 3.8) is 0 Å². The minimum absolute atomic E-state index is 0.190. The predicted molar refractivity (Wildman–Crippen MR) is 303 cm³/mol. The summed E-state index contributed by atoms with van der Waals surface area (Å²) >= 11 is 0. The van der Waals surface area contributed by atoms with Gasteiger partial charge in [-0.15, -0.1) is 0 Å². The van der Waals surface area contributed by atoms with Crippen LogP contribution in [0.3, 0.4) is 0 Å².